The van der Waals surface area contributed by atoms with E-state index in [2.05, 4.69) is 26.0 Å². The van der Waals surface area contributed by atoms with Crippen LogP contribution in [0, 0.1) is 0 Å². The third kappa shape index (κ3) is 11.7. The Morgan fingerprint density at radius 3 is 2.04 bits per heavy atom. The van der Waals surface area contributed by atoms with E-state index in [1.807, 2.05) is 6.07 Å². The molecule has 0 saturated carbocycles. The van der Waals surface area contributed by atoms with Gasteiger partial charge in [0.25, 0.3) is 10.1 Å². The van der Waals surface area contributed by atoms with Crippen molar-refractivity contribution in [3.63, 3.8) is 0 Å². The van der Waals surface area contributed by atoms with E-state index in [1.54, 1.807) is 6.92 Å². The van der Waals surface area contributed by atoms with Crippen LogP contribution in [-0.4, -0.2) is 24.8 Å². The number of benzene rings is 1. The van der Waals surface area contributed by atoms with Crippen LogP contribution in [0.1, 0.15) is 96.1 Å². The van der Waals surface area contributed by atoms with Gasteiger partial charge in [-0.2, -0.15) is 8.42 Å². The molecule has 0 amide bonds. The molecule has 1 rings (SSSR count). The van der Waals surface area contributed by atoms with E-state index in [1.165, 1.54) is 63.4 Å². The Labute approximate surface area is 172 Å². The smallest absolute Gasteiger partial charge is 0.268 e. The zero-order valence-electron chi connectivity index (χ0n) is 18.1. The topological polar surface area (TPSA) is 63.6 Å². The summed E-state index contributed by atoms with van der Waals surface area (Å²) in [4.78, 5) is 0. The lowest BCUT2D eigenvalue weighted by atomic mass is 9.99. The van der Waals surface area contributed by atoms with Crippen molar-refractivity contribution in [1.82, 2.24) is 0 Å². The Morgan fingerprint density at radius 1 is 0.893 bits per heavy atom. The van der Waals surface area contributed by atoms with Gasteiger partial charge in [-0.25, -0.2) is 0 Å². The minimum Gasteiger partial charge on any atom is -0.489 e. The van der Waals surface area contributed by atoms with Gasteiger partial charge in [0, 0.05) is 0 Å². The van der Waals surface area contributed by atoms with E-state index in [-0.39, 0.29) is 5.75 Å². The van der Waals surface area contributed by atoms with E-state index < -0.39 is 16.2 Å². The van der Waals surface area contributed by atoms with Crippen molar-refractivity contribution >= 4 is 10.1 Å². The van der Waals surface area contributed by atoms with Gasteiger partial charge in [-0.1, -0.05) is 77.3 Å². The van der Waals surface area contributed by atoms with Crippen molar-refractivity contribution in [2.75, 3.05) is 5.75 Å². The standard InChI is InChI=1S/C23H40O4S/c1-4-6-8-10-12-14-21-16-17-23(27-20(3)19-28(24,25)26)22(18-21)15-13-11-9-7-5-2/h16-18,20H,4-15,19H2,1-3H3,(H,24,25,26). The van der Waals surface area contributed by atoms with Crippen LogP contribution in [-0.2, 0) is 23.0 Å². The number of hydrogen-bond donors (Lipinski definition) is 1. The van der Waals surface area contributed by atoms with Crippen molar-refractivity contribution in [1.29, 1.82) is 0 Å². The van der Waals surface area contributed by atoms with Gasteiger partial charge >= 0.3 is 0 Å². The highest BCUT2D eigenvalue weighted by Crippen LogP contribution is 2.25. The molecule has 0 aliphatic heterocycles. The van der Waals surface area contributed by atoms with Crippen LogP contribution < -0.4 is 4.74 Å². The van der Waals surface area contributed by atoms with Crippen LogP contribution in [0.4, 0.5) is 0 Å². The summed E-state index contributed by atoms with van der Waals surface area (Å²) in [6.07, 6.45) is 13.9. The average molecular weight is 413 g/mol. The highest BCUT2D eigenvalue weighted by atomic mass is 32.2. The summed E-state index contributed by atoms with van der Waals surface area (Å²) in [7, 11) is -4.04. The lowest BCUT2D eigenvalue weighted by Crippen LogP contribution is -2.23. The highest BCUT2D eigenvalue weighted by Gasteiger charge is 2.16. The van der Waals surface area contributed by atoms with E-state index >= 15 is 0 Å². The molecule has 0 bridgehead atoms. The predicted octanol–water partition coefficient (Wildman–Crippen LogP) is 6.37. The molecule has 162 valence electrons. The Bertz CT molecular complexity index is 640. The minimum absolute atomic E-state index is 0.387. The van der Waals surface area contributed by atoms with Gasteiger partial charge in [0.05, 0.1) is 0 Å². The molecule has 28 heavy (non-hydrogen) atoms. The van der Waals surface area contributed by atoms with Gasteiger partial charge < -0.3 is 4.74 Å². The first-order chi connectivity index (χ1) is 13.4. The first kappa shape index (κ1) is 25.0. The quantitative estimate of drug-likeness (QED) is 0.253. The maximum atomic E-state index is 11.1. The number of ether oxygens (including phenoxy) is 1. The van der Waals surface area contributed by atoms with Crippen molar-refractivity contribution in [3.05, 3.63) is 29.3 Å². The Hall–Kier alpha value is -1.07. The summed E-state index contributed by atoms with van der Waals surface area (Å²) >= 11 is 0. The lowest BCUT2D eigenvalue weighted by molar-refractivity contribution is 0.238. The van der Waals surface area contributed by atoms with Gasteiger partial charge in [0.1, 0.15) is 17.6 Å². The number of unbranched alkanes of at least 4 members (excludes halogenated alkanes) is 8. The summed E-state index contributed by atoms with van der Waals surface area (Å²) in [6.45, 7) is 6.13. The molecule has 1 aromatic rings. The van der Waals surface area contributed by atoms with Crippen molar-refractivity contribution in [3.8, 4) is 5.75 Å². The number of rotatable bonds is 16. The number of aryl methyl sites for hydroxylation is 2. The van der Waals surface area contributed by atoms with E-state index in [4.69, 9.17) is 9.29 Å². The van der Waals surface area contributed by atoms with Crippen molar-refractivity contribution in [2.24, 2.45) is 0 Å². The maximum absolute atomic E-state index is 11.1. The summed E-state index contributed by atoms with van der Waals surface area (Å²) in [6, 6.07) is 6.30. The molecule has 1 unspecified atom stereocenters. The molecular formula is C23H40O4S. The Balaban J connectivity index is 2.72. The van der Waals surface area contributed by atoms with Crippen LogP contribution in [0.2, 0.25) is 0 Å². The maximum Gasteiger partial charge on any atom is 0.268 e. The third-order valence-corrected chi connectivity index (χ3v) is 5.91. The molecule has 4 nitrogen and oxygen atoms in total. The second-order valence-corrected chi connectivity index (χ2v) is 9.44. The molecule has 0 aliphatic rings. The van der Waals surface area contributed by atoms with Gasteiger partial charge in [-0.15, -0.1) is 0 Å². The van der Waals surface area contributed by atoms with Crippen LogP contribution in [0.5, 0.6) is 5.75 Å². The number of hydrogen-bond acceptors (Lipinski definition) is 3. The average Bonchev–Trinajstić information content (AvgIpc) is 2.61. The van der Waals surface area contributed by atoms with Gasteiger partial charge in [-0.3, -0.25) is 4.55 Å². The molecule has 1 aromatic carbocycles. The summed E-state index contributed by atoms with van der Waals surface area (Å²) < 4.78 is 37.2. The van der Waals surface area contributed by atoms with Crippen LogP contribution >= 0.6 is 0 Å². The SMILES string of the molecule is CCCCCCCc1ccc(OC(C)CS(=O)(=O)O)c(CCCCCCC)c1. The first-order valence-corrected chi connectivity index (χ1v) is 12.7. The van der Waals surface area contributed by atoms with E-state index in [0.717, 1.165) is 30.6 Å². The lowest BCUT2D eigenvalue weighted by Gasteiger charge is -2.18. The molecule has 0 saturated heterocycles. The molecule has 0 aliphatic carbocycles. The molecule has 1 N–H and O–H groups in total. The highest BCUT2D eigenvalue weighted by molar-refractivity contribution is 7.85. The van der Waals surface area contributed by atoms with Crippen LogP contribution in [0.15, 0.2) is 18.2 Å². The molecular weight excluding hydrogens is 372 g/mol. The van der Waals surface area contributed by atoms with Gasteiger partial charge in [-0.05, 0) is 49.8 Å². The third-order valence-electron chi connectivity index (χ3n) is 5.02. The fourth-order valence-corrected chi connectivity index (χ4v) is 4.16. The molecule has 0 spiro atoms. The molecule has 0 radical (unpaired) electrons. The second-order valence-electron chi connectivity index (χ2n) is 7.95. The summed E-state index contributed by atoms with van der Waals surface area (Å²) in [5.41, 5.74) is 2.49. The second kappa shape index (κ2) is 14.0. The van der Waals surface area contributed by atoms with Crippen LogP contribution in [0.25, 0.3) is 0 Å². The Kier molecular flexibility index (Phi) is 12.5. The largest absolute Gasteiger partial charge is 0.489 e. The molecule has 5 heteroatoms. The fourth-order valence-electron chi connectivity index (χ4n) is 3.50. The fraction of sp³-hybridized carbons (Fsp3) is 0.739. The zero-order valence-corrected chi connectivity index (χ0v) is 18.9. The molecule has 0 aromatic heterocycles. The van der Waals surface area contributed by atoms with Crippen molar-refractivity contribution < 1.29 is 17.7 Å². The Morgan fingerprint density at radius 2 is 1.46 bits per heavy atom. The van der Waals surface area contributed by atoms with E-state index in [9.17, 15) is 8.42 Å². The summed E-state index contributed by atoms with van der Waals surface area (Å²) in [5, 5.41) is 0. The van der Waals surface area contributed by atoms with Crippen LogP contribution in [0.3, 0.4) is 0 Å². The summed E-state index contributed by atoms with van der Waals surface area (Å²) in [5.74, 6) is 0.364. The normalized spacial score (nSPS) is 12.9. The molecule has 0 heterocycles. The zero-order chi connectivity index (χ0) is 20.8. The predicted molar refractivity (Wildman–Crippen MR) is 118 cm³/mol. The molecule has 1 atom stereocenters. The van der Waals surface area contributed by atoms with Gasteiger partial charge in [0.15, 0.2) is 0 Å². The minimum atomic E-state index is -4.04. The molecule has 0 fully saturated rings. The first-order valence-electron chi connectivity index (χ1n) is 11.1. The van der Waals surface area contributed by atoms with Crippen molar-refractivity contribution in [2.45, 2.75) is 104 Å². The van der Waals surface area contributed by atoms with Gasteiger partial charge in [0.2, 0.25) is 0 Å². The monoisotopic (exact) mass is 412 g/mol. The van der Waals surface area contributed by atoms with E-state index in [0.29, 0.717) is 0 Å².